The van der Waals surface area contributed by atoms with Crippen molar-refractivity contribution in [1.82, 2.24) is 24.1 Å². The van der Waals surface area contributed by atoms with E-state index in [4.69, 9.17) is 16.3 Å². The molecule has 6 rings (SSSR count). The van der Waals surface area contributed by atoms with Crippen LogP contribution in [-0.4, -0.2) is 30.1 Å². The largest absolute Gasteiger partial charge is 0.456 e. The van der Waals surface area contributed by atoms with E-state index in [-0.39, 0.29) is 33.9 Å². The monoisotopic (exact) mass is 641 g/mol. The number of rotatable bonds is 6. The number of hydrogen-bond donors (Lipinski definition) is 2. The van der Waals surface area contributed by atoms with Crippen LogP contribution >= 0.6 is 11.6 Å². The Kier molecular flexibility index (Phi) is 8.08. The molecule has 230 valence electrons. The molecule has 0 aliphatic heterocycles. The van der Waals surface area contributed by atoms with Crippen molar-refractivity contribution >= 4 is 40.2 Å². The van der Waals surface area contributed by atoms with E-state index in [1.807, 2.05) is 6.07 Å². The first kappa shape index (κ1) is 30.2. The van der Waals surface area contributed by atoms with Gasteiger partial charge in [0.2, 0.25) is 0 Å². The summed E-state index contributed by atoms with van der Waals surface area (Å²) in [5.41, 5.74) is 0.710. The third-order valence-electron chi connectivity index (χ3n) is 6.89. The molecule has 0 unspecified atom stereocenters. The first-order chi connectivity index (χ1) is 22.1. The maximum atomic E-state index is 14.5. The third kappa shape index (κ3) is 6.09. The molecule has 0 bridgehead atoms. The maximum Gasteiger partial charge on any atom is 0.418 e. The van der Waals surface area contributed by atoms with E-state index in [1.165, 1.54) is 49.8 Å². The number of fused-ring (bicyclic) bond motifs is 1. The highest BCUT2D eigenvalue weighted by Gasteiger charge is 2.39. The Bertz CT molecular complexity index is 2130. The minimum absolute atomic E-state index is 0.0591. The van der Waals surface area contributed by atoms with Gasteiger partial charge in [-0.15, -0.1) is 0 Å². The molecule has 0 saturated heterocycles. The Morgan fingerprint density at radius 2 is 1.78 bits per heavy atom. The number of carbonyl (C=O) groups is 1. The van der Waals surface area contributed by atoms with Gasteiger partial charge >= 0.3 is 6.18 Å². The van der Waals surface area contributed by atoms with E-state index in [2.05, 4.69) is 37.5 Å². The van der Waals surface area contributed by atoms with Gasteiger partial charge < -0.3 is 15.4 Å². The maximum absolute atomic E-state index is 14.5. The van der Waals surface area contributed by atoms with Crippen LogP contribution in [0, 0.1) is 18.8 Å². The summed E-state index contributed by atoms with van der Waals surface area (Å²) in [6.45, 7) is 1.24. The van der Waals surface area contributed by atoms with Crippen molar-refractivity contribution in [2.45, 2.75) is 13.1 Å². The average Bonchev–Trinajstić information content (AvgIpc) is 3.65. The second-order valence-electron chi connectivity index (χ2n) is 10.0. The molecule has 2 aromatic carbocycles. The average molecular weight is 642 g/mol. The normalized spacial score (nSPS) is 11.2. The van der Waals surface area contributed by atoms with Gasteiger partial charge in [-0.3, -0.25) is 18.9 Å². The minimum Gasteiger partial charge on any atom is -0.456 e. The summed E-state index contributed by atoms with van der Waals surface area (Å²) in [4.78, 5) is 21.7. The number of aryl methyl sites for hydroxylation is 1. The number of pyridine rings is 2. The zero-order valence-corrected chi connectivity index (χ0v) is 25.0. The van der Waals surface area contributed by atoms with Crippen molar-refractivity contribution in [3.05, 3.63) is 125 Å². The Morgan fingerprint density at radius 1 is 1.02 bits per heavy atom. The van der Waals surface area contributed by atoms with Gasteiger partial charge in [-0.2, -0.15) is 18.3 Å². The number of alkyl halides is 3. The SMILES string of the molecule is Cc1c(Oc2ccncc2)c(C#Cc2cnc3c(Nc4cnn(C)c4)cccn23)c(NC(=O)c2ccccc2)c(Cl)c1C(F)(F)F. The van der Waals surface area contributed by atoms with Crippen LogP contribution in [0.4, 0.5) is 30.2 Å². The summed E-state index contributed by atoms with van der Waals surface area (Å²) in [5, 5.41) is 9.26. The number of carbonyl (C=O) groups excluding carboxylic acids is 1. The van der Waals surface area contributed by atoms with Gasteiger partial charge in [-0.1, -0.05) is 35.7 Å². The van der Waals surface area contributed by atoms with Crippen molar-refractivity contribution in [2.24, 2.45) is 7.05 Å². The van der Waals surface area contributed by atoms with E-state index in [1.54, 1.807) is 59.0 Å². The van der Waals surface area contributed by atoms with Gasteiger partial charge in [0.25, 0.3) is 5.91 Å². The number of imidazole rings is 1. The minimum atomic E-state index is -4.88. The second-order valence-corrected chi connectivity index (χ2v) is 10.4. The van der Waals surface area contributed by atoms with E-state index in [0.717, 1.165) is 5.69 Å². The van der Waals surface area contributed by atoms with E-state index < -0.39 is 22.7 Å². The van der Waals surface area contributed by atoms with E-state index in [9.17, 15) is 18.0 Å². The van der Waals surface area contributed by atoms with Crippen LogP contribution in [0.15, 0.2) is 91.8 Å². The summed E-state index contributed by atoms with van der Waals surface area (Å²) < 4.78 is 52.8. The van der Waals surface area contributed by atoms with Crippen LogP contribution in [0.3, 0.4) is 0 Å². The fourth-order valence-electron chi connectivity index (χ4n) is 4.78. The molecule has 6 aromatic rings. The number of benzene rings is 2. The van der Waals surface area contributed by atoms with Gasteiger partial charge in [0, 0.05) is 43.0 Å². The molecule has 0 aliphatic rings. The molecular formula is C33H23ClF3N7O2. The van der Waals surface area contributed by atoms with Gasteiger partial charge in [0.05, 0.1) is 45.6 Å². The molecule has 9 nitrogen and oxygen atoms in total. The smallest absolute Gasteiger partial charge is 0.418 e. The zero-order chi connectivity index (χ0) is 32.4. The molecular weight excluding hydrogens is 619 g/mol. The molecule has 0 fully saturated rings. The molecule has 0 saturated carbocycles. The first-order valence-electron chi connectivity index (χ1n) is 13.7. The van der Waals surface area contributed by atoms with Crippen LogP contribution < -0.4 is 15.4 Å². The van der Waals surface area contributed by atoms with E-state index in [0.29, 0.717) is 17.0 Å². The summed E-state index contributed by atoms with van der Waals surface area (Å²) in [6, 6.07) is 14.6. The quantitative estimate of drug-likeness (QED) is 0.182. The number of amides is 1. The Morgan fingerprint density at radius 3 is 2.48 bits per heavy atom. The molecule has 4 aromatic heterocycles. The number of nitrogens with one attached hydrogen (secondary N) is 2. The van der Waals surface area contributed by atoms with Crippen molar-refractivity contribution in [2.75, 3.05) is 10.6 Å². The summed E-state index contributed by atoms with van der Waals surface area (Å²) in [6.07, 6.45) is 4.74. The molecule has 0 radical (unpaired) electrons. The fraction of sp³-hybridized carbons (Fsp3) is 0.0909. The number of hydrogen-bond acceptors (Lipinski definition) is 6. The molecule has 1 amide bonds. The number of aromatic nitrogens is 5. The molecule has 0 aliphatic carbocycles. The molecule has 0 spiro atoms. The lowest BCUT2D eigenvalue weighted by Crippen LogP contribution is -2.17. The van der Waals surface area contributed by atoms with Crippen LogP contribution in [0.1, 0.15) is 32.7 Å². The van der Waals surface area contributed by atoms with Crippen LogP contribution in [-0.2, 0) is 13.2 Å². The molecule has 0 atom stereocenters. The number of ether oxygens (including phenoxy) is 1. The Balaban J connectivity index is 1.53. The molecule has 13 heteroatoms. The molecule has 46 heavy (non-hydrogen) atoms. The highest BCUT2D eigenvalue weighted by Crippen LogP contribution is 2.48. The van der Waals surface area contributed by atoms with Gasteiger partial charge in [-0.05, 0) is 49.2 Å². The van der Waals surface area contributed by atoms with Crippen molar-refractivity contribution in [3.8, 4) is 23.3 Å². The second kappa shape index (κ2) is 12.3. The topological polar surface area (TPSA) is 98.4 Å². The number of halogens is 4. The molecule has 4 heterocycles. The van der Waals surface area contributed by atoms with Crippen LogP contribution in [0.5, 0.6) is 11.5 Å². The van der Waals surface area contributed by atoms with Gasteiger partial charge in [-0.25, -0.2) is 4.98 Å². The standard InChI is InChI=1S/C33H23ClF3N7O2/c1-20-27(33(35,36)37)28(34)29(42-32(45)21-7-4-3-5-8-21)25(30(20)46-24-12-14-38-15-13-24)11-10-23-18-39-31-26(9-6-16-44(23)31)41-22-17-40-43(2)19-22/h3-9,12-19,41H,1-2H3,(H,42,45). The Labute approximate surface area is 265 Å². The summed E-state index contributed by atoms with van der Waals surface area (Å²) in [5.74, 6) is 5.22. The van der Waals surface area contributed by atoms with E-state index >= 15 is 0 Å². The highest BCUT2D eigenvalue weighted by atomic mass is 35.5. The highest BCUT2D eigenvalue weighted by molar-refractivity contribution is 6.35. The van der Waals surface area contributed by atoms with Crippen LogP contribution in [0.25, 0.3) is 5.65 Å². The fourth-order valence-corrected chi connectivity index (χ4v) is 5.17. The predicted octanol–water partition coefficient (Wildman–Crippen LogP) is 7.63. The van der Waals surface area contributed by atoms with Crippen molar-refractivity contribution in [1.29, 1.82) is 0 Å². The number of anilines is 3. The lowest BCUT2D eigenvalue weighted by atomic mass is 9.99. The zero-order valence-electron chi connectivity index (χ0n) is 24.2. The van der Waals surface area contributed by atoms with Gasteiger partial charge in [0.15, 0.2) is 5.65 Å². The lowest BCUT2D eigenvalue weighted by Gasteiger charge is -2.22. The van der Waals surface area contributed by atoms with Crippen molar-refractivity contribution < 1.29 is 22.7 Å². The summed E-state index contributed by atoms with van der Waals surface area (Å²) in [7, 11) is 1.80. The number of nitrogens with zero attached hydrogens (tertiary/aromatic N) is 5. The third-order valence-corrected chi connectivity index (χ3v) is 7.27. The predicted molar refractivity (Wildman–Crippen MR) is 168 cm³/mol. The Hall–Kier alpha value is -5.80. The summed E-state index contributed by atoms with van der Waals surface area (Å²) >= 11 is 6.46. The van der Waals surface area contributed by atoms with Crippen molar-refractivity contribution in [3.63, 3.8) is 0 Å². The van der Waals surface area contributed by atoms with Crippen LogP contribution in [0.2, 0.25) is 5.02 Å². The first-order valence-corrected chi connectivity index (χ1v) is 14.1. The molecule has 2 N–H and O–H groups in total. The van der Waals surface area contributed by atoms with Gasteiger partial charge in [0.1, 0.15) is 17.2 Å². The lowest BCUT2D eigenvalue weighted by molar-refractivity contribution is -0.138.